The largest absolute Gasteiger partial charge is 0.497 e. The van der Waals surface area contributed by atoms with Gasteiger partial charge >= 0.3 is 0 Å². The number of methoxy groups -OCH3 is 2. The summed E-state index contributed by atoms with van der Waals surface area (Å²) in [4.78, 5) is 0. The summed E-state index contributed by atoms with van der Waals surface area (Å²) < 4.78 is 12.9. The smallest absolute Gasteiger partial charge is 0.275 e. The van der Waals surface area contributed by atoms with Crippen LogP contribution in [0.4, 0.5) is 22.7 Å². The van der Waals surface area contributed by atoms with Crippen molar-refractivity contribution in [2.75, 3.05) is 19.5 Å². The van der Waals surface area contributed by atoms with Crippen molar-refractivity contribution in [1.82, 2.24) is 5.10 Å². The maximum Gasteiger partial charge on any atom is 0.275 e. The molecule has 0 saturated heterocycles. The van der Waals surface area contributed by atoms with Crippen LogP contribution in [0.1, 0.15) is 0 Å². The van der Waals surface area contributed by atoms with Crippen molar-refractivity contribution in [2.45, 2.75) is 0 Å². The molecule has 7 nitrogen and oxygen atoms in total. The van der Waals surface area contributed by atoms with E-state index in [2.05, 4.69) is 10.4 Å². The lowest BCUT2D eigenvalue weighted by Gasteiger charge is -2.14. The number of hydrogen-bond acceptors (Lipinski definition) is 6. The molecule has 182 valence electrons. The van der Waals surface area contributed by atoms with E-state index in [-0.39, 0.29) is 0 Å². The SMILES string of the molecule is COc1ccc(Nc2cn[n+](-c3ccccc3)c(-c3ccccc3)c2[15N]=[15N]c2ccccc2)c(OC)c1. The minimum absolute atomic E-state index is 0.631. The summed E-state index contributed by atoms with van der Waals surface area (Å²) in [7, 11) is 3.25. The summed E-state index contributed by atoms with van der Waals surface area (Å²) >= 11 is 0. The summed E-state index contributed by atoms with van der Waals surface area (Å²) in [6.07, 6.45) is 1.75. The zero-order chi connectivity index (χ0) is 25.5. The molecule has 0 amide bonds. The number of rotatable bonds is 8. The molecule has 0 aliphatic carbocycles. The van der Waals surface area contributed by atoms with Gasteiger partial charge in [0.25, 0.3) is 5.69 Å². The Bertz CT molecular complexity index is 1510. The molecule has 1 aromatic heterocycles. The van der Waals surface area contributed by atoms with E-state index in [4.69, 9.17) is 19.7 Å². The molecule has 1 N–H and O–H groups in total. The lowest BCUT2D eigenvalue weighted by molar-refractivity contribution is -0.648. The number of benzene rings is 4. The molecule has 7 heteroatoms. The van der Waals surface area contributed by atoms with Crippen molar-refractivity contribution in [3.8, 4) is 28.4 Å². The van der Waals surface area contributed by atoms with E-state index in [1.165, 1.54) is 0 Å². The first-order valence-electron chi connectivity index (χ1n) is 11.8. The molecule has 0 unspecified atom stereocenters. The maximum absolute atomic E-state index is 5.61. The molecule has 1 heterocycles. The van der Waals surface area contributed by atoms with Crippen LogP contribution in [-0.2, 0) is 0 Å². The Kier molecular flexibility index (Phi) is 7.13. The van der Waals surface area contributed by atoms with Gasteiger partial charge in [-0.3, -0.25) is 0 Å². The van der Waals surface area contributed by atoms with Crippen LogP contribution in [0.15, 0.2) is 126 Å². The average molecular weight is 491 g/mol. The molecule has 0 aliphatic heterocycles. The van der Waals surface area contributed by atoms with Crippen LogP contribution in [0.5, 0.6) is 11.5 Å². The highest BCUT2D eigenvalue weighted by atomic mass is 16.5. The number of aromatic nitrogens is 2. The standard InChI is InChI=1S/C30H25N5O2/c1-36-25-18-19-26(28(20-25)37-2)32-27-21-31-35(24-16-10-5-11-17-24)30(22-12-6-3-7-13-22)29(27)34-33-23-14-8-4-9-15-23/h3-21H,1-2H3/p+1/i33+1,34+1. The second-order valence-electron chi connectivity index (χ2n) is 8.10. The van der Waals surface area contributed by atoms with Gasteiger partial charge in [-0.15, -0.1) is 5.11 Å². The van der Waals surface area contributed by atoms with Gasteiger partial charge in [0, 0.05) is 23.3 Å². The third-order valence-corrected chi connectivity index (χ3v) is 5.74. The number of anilines is 2. The van der Waals surface area contributed by atoms with E-state index >= 15 is 0 Å². The molecular formula is C30H26N5O2+. The molecule has 0 fully saturated rings. The van der Waals surface area contributed by atoms with Crippen LogP contribution >= 0.6 is 0 Å². The topological polar surface area (TPSA) is 72.0 Å². The van der Waals surface area contributed by atoms with Crippen molar-refractivity contribution in [3.63, 3.8) is 0 Å². The van der Waals surface area contributed by atoms with Crippen molar-refractivity contribution < 1.29 is 14.2 Å². The minimum Gasteiger partial charge on any atom is -0.497 e. The molecule has 5 aromatic rings. The molecule has 0 bridgehead atoms. The summed E-state index contributed by atoms with van der Waals surface area (Å²) in [5.74, 6) is 1.33. The fourth-order valence-electron chi connectivity index (χ4n) is 3.92. The Morgan fingerprint density at radius 2 is 1.38 bits per heavy atom. The van der Waals surface area contributed by atoms with Gasteiger partial charge in [-0.1, -0.05) is 54.6 Å². The summed E-state index contributed by atoms with van der Waals surface area (Å²) in [5.41, 5.74) is 5.46. The van der Waals surface area contributed by atoms with Gasteiger partial charge in [0.2, 0.25) is 5.69 Å². The highest BCUT2D eigenvalue weighted by Gasteiger charge is 2.27. The van der Waals surface area contributed by atoms with E-state index in [1.54, 1.807) is 20.4 Å². The molecule has 0 saturated carbocycles. The van der Waals surface area contributed by atoms with E-state index in [0.717, 1.165) is 28.3 Å². The molecule has 5 rings (SSSR count). The Morgan fingerprint density at radius 1 is 0.703 bits per heavy atom. The van der Waals surface area contributed by atoms with E-state index in [0.29, 0.717) is 22.9 Å². The molecule has 0 spiro atoms. The number of hydrogen-bond donors (Lipinski definition) is 1. The van der Waals surface area contributed by atoms with Crippen LogP contribution in [0.3, 0.4) is 0 Å². The predicted molar refractivity (Wildman–Crippen MR) is 145 cm³/mol. The van der Waals surface area contributed by atoms with Gasteiger partial charge in [-0.2, -0.15) is 5.11 Å². The molecule has 0 radical (unpaired) electrons. The number of para-hydroxylation sites is 1. The molecule has 4 aromatic carbocycles. The lowest BCUT2D eigenvalue weighted by Crippen LogP contribution is -2.37. The van der Waals surface area contributed by atoms with Gasteiger partial charge < -0.3 is 14.8 Å². The molecule has 0 aliphatic rings. The first-order valence-corrected chi connectivity index (χ1v) is 11.8. The Labute approximate surface area is 215 Å². The Morgan fingerprint density at radius 3 is 2.05 bits per heavy atom. The normalized spacial score (nSPS) is 10.9. The van der Waals surface area contributed by atoms with Crippen LogP contribution < -0.4 is 19.5 Å². The van der Waals surface area contributed by atoms with Gasteiger partial charge in [0.05, 0.1) is 36.8 Å². The quantitative estimate of drug-likeness (QED) is 0.142. The van der Waals surface area contributed by atoms with Crippen molar-refractivity contribution in [3.05, 3.63) is 115 Å². The van der Waals surface area contributed by atoms with E-state index in [1.807, 2.05) is 114 Å². The number of azo groups is 1. The first-order chi connectivity index (χ1) is 18.3. The second-order valence-corrected chi connectivity index (χ2v) is 8.10. The van der Waals surface area contributed by atoms with Crippen LogP contribution in [0.2, 0.25) is 0 Å². The highest BCUT2D eigenvalue weighted by Crippen LogP contribution is 2.39. The second kappa shape index (κ2) is 11.1. The van der Waals surface area contributed by atoms with Crippen LogP contribution in [-0.4, -0.2) is 19.3 Å². The van der Waals surface area contributed by atoms with Gasteiger partial charge in [-0.05, 0) is 41.1 Å². The fraction of sp³-hybridized carbons (Fsp3) is 0.0667. The first kappa shape index (κ1) is 23.7. The zero-order valence-electron chi connectivity index (χ0n) is 20.6. The Balaban J connectivity index is 1.73. The number of nitrogens with zero attached hydrogens (tertiary/aromatic N) is 4. The van der Waals surface area contributed by atoms with Gasteiger partial charge in [-0.25, -0.2) is 0 Å². The van der Waals surface area contributed by atoms with Crippen LogP contribution in [0.25, 0.3) is 16.9 Å². The van der Waals surface area contributed by atoms with Gasteiger partial charge in [0.15, 0.2) is 5.69 Å². The molecular weight excluding hydrogens is 464 g/mol. The minimum atomic E-state index is 0.631. The molecule has 37 heavy (non-hydrogen) atoms. The third kappa shape index (κ3) is 5.31. The van der Waals surface area contributed by atoms with Crippen molar-refractivity contribution in [1.29, 1.82) is 0 Å². The zero-order valence-corrected chi connectivity index (χ0v) is 20.6. The van der Waals surface area contributed by atoms with Crippen molar-refractivity contribution in [2.24, 2.45) is 10.2 Å². The van der Waals surface area contributed by atoms with Crippen molar-refractivity contribution >= 4 is 22.7 Å². The summed E-state index contributed by atoms with van der Waals surface area (Å²) in [5, 5.41) is 17.6. The third-order valence-electron chi connectivity index (χ3n) is 5.74. The molecule has 0 atom stereocenters. The monoisotopic (exact) mass is 490 g/mol. The average Bonchev–Trinajstić information content (AvgIpc) is 2.97. The fourth-order valence-corrected chi connectivity index (χ4v) is 3.92. The number of ether oxygens (including phenoxy) is 2. The Hall–Kier alpha value is -5.04. The summed E-state index contributed by atoms with van der Waals surface area (Å²) in [6, 6.07) is 35.3. The number of nitrogens with one attached hydrogen (secondary N) is 1. The van der Waals surface area contributed by atoms with E-state index in [9.17, 15) is 0 Å². The highest BCUT2D eigenvalue weighted by molar-refractivity contribution is 5.83. The van der Waals surface area contributed by atoms with Crippen LogP contribution in [0, 0.1) is 0 Å². The summed E-state index contributed by atoms with van der Waals surface area (Å²) in [6.45, 7) is 0. The van der Waals surface area contributed by atoms with Gasteiger partial charge in [0.1, 0.15) is 17.7 Å². The lowest BCUT2D eigenvalue weighted by atomic mass is 10.1. The maximum atomic E-state index is 5.61. The van der Waals surface area contributed by atoms with E-state index < -0.39 is 0 Å². The predicted octanol–water partition coefficient (Wildman–Crippen LogP) is 7.20.